The second-order valence-electron chi connectivity index (χ2n) is 5.49. The van der Waals surface area contributed by atoms with Crippen LogP contribution in [0.3, 0.4) is 0 Å². The topological polar surface area (TPSA) is 32.7 Å². The van der Waals surface area contributed by atoms with E-state index in [1.54, 1.807) is 0 Å². The zero-order valence-electron chi connectivity index (χ0n) is 11.8. The molecule has 1 atom stereocenters. The third-order valence-corrected chi connectivity index (χ3v) is 2.77. The van der Waals surface area contributed by atoms with Crippen LogP contribution in [0.15, 0.2) is 0 Å². The zero-order chi connectivity index (χ0) is 12.8. The SMILES string of the molecule is CCC(CC)N(C)CC(O)COC(C)(C)C. The van der Waals surface area contributed by atoms with Crippen molar-refractivity contribution in [1.82, 2.24) is 4.90 Å². The van der Waals surface area contributed by atoms with Gasteiger partial charge in [-0.2, -0.15) is 0 Å². The highest BCUT2D eigenvalue weighted by atomic mass is 16.5. The van der Waals surface area contributed by atoms with Gasteiger partial charge in [0.1, 0.15) is 0 Å². The highest BCUT2D eigenvalue weighted by Crippen LogP contribution is 2.10. The lowest BCUT2D eigenvalue weighted by Gasteiger charge is -2.29. The standard InChI is InChI=1S/C13H29NO2/c1-7-11(8-2)14(6)9-12(15)10-16-13(3,4)5/h11-12,15H,7-10H2,1-6H3. The maximum Gasteiger partial charge on any atom is 0.0900 e. The number of nitrogens with zero attached hydrogens (tertiary/aromatic N) is 1. The number of rotatable bonds is 7. The van der Waals surface area contributed by atoms with E-state index in [2.05, 4.69) is 25.8 Å². The highest BCUT2D eigenvalue weighted by molar-refractivity contribution is 4.70. The summed E-state index contributed by atoms with van der Waals surface area (Å²) in [5, 5.41) is 9.86. The van der Waals surface area contributed by atoms with Gasteiger partial charge in [0.15, 0.2) is 0 Å². The van der Waals surface area contributed by atoms with E-state index in [1.165, 1.54) is 0 Å². The van der Waals surface area contributed by atoms with E-state index >= 15 is 0 Å². The molecule has 0 fully saturated rings. The second-order valence-corrected chi connectivity index (χ2v) is 5.49. The van der Waals surface area contributed by atoms with E-state index in [0.29, 0.717) is 19.2 Å². The van der Waals surface area contributed by atoms with Crippen molar-refractivity contribution in [2.45, 2.75) is 65.2 Å². The first-order valence-electron chi connectivity index (χ1n) is 6.32. The molecule has 0 bridgehead atoms. The Bertz CT molecular complexity index is 173. The molecule has 0 radical (unpaired) electrons. The summed E-state index contributed by atoms with van der Waals surface area (Å²) in [6, 6.07) is 0.560. The monoisotopic (exact) mass is 231 g/mol. The molecule has 0 spiro atoms. The Balaban J connectivity index is 3.90. The molecule has 0 saturated heterocycles. The van der Waals surface area contributed by atoms with Gasteiger partial charge in [0, 0.05) is 12.6 Å². The Hall–Kier alpha value is -0.120. The summed E-state index contributed by atoms with van der Waals surface area (Å²) in [5.41, 5.74) is -0.172. The molecule has 0 heterocycles. The number of likely N-dealkylation sites (N-methyl/N-ethyl adjacent to an activating group) is 1. The summed E-state index contributed by atoms with van der Waals surface area (Å²) in [5.74, 6) is 0. The fourth-order valence-corrected chi connectivity index (χ4v) is 1.79. The largest absolute Gasteiger partial charge is 0.389 e. The minimum Gasteiger partial charge on any atom is -0.389 e. The van der Waals surface area contributed by atoms with E-state index < -0.39 is 6.10 Å². The zero-order valence-corrected chi connectivity index (χ0v) is 11.8. The van der Waals surface area contributed by atoms with Crippen molar-refractivity contribution in [3.05, 3.63) is 0 Å². The van der Waals surface area contributed by atoms with E-state index in [-0.39, 0.29) is 5.60 Å². The lowest BCUT2D eigenvalue weighted by molar-refractivity contribution is -0.0571. The van der Waals surface area contributed by atoms with E-state index in [9.17, 15) is 5.11 Å². The van der Waals surface area contributed by atoms with Crippen molar-refractivity contribution in [3.63, 3.8) is 0 Å². The molecule has 0 aliphatic carbocycles. The maximum absolute atomic E-state index is 9.86. The molecule has 3 nitrogen and oxygen atoms in total. The van der Waals surface area contributed by atoms with E-state index in [1.807, 2.05) is 20.8 Å². The minimum atomic E-state index is -0.398. The molecule has 0 saturated carbocycles. The molecule has 0 aromatic carbocycles. The van der Waals surface area contributed by atoms with E-state index in [0.717, 1.165) is 12.8 Å². The molecule has 0 aliphatic rings. The average Bonchev–Trinajstić information content (AvgIpc) is 2.15. The van der Waals surface area contributed by atoms with Gasteiger partial charge in [-0.3, -0.25) is 0 Å². The fraction of sp³-hybridized carbons (Fsp3) is 1.00. The number of aliphatic hydroxyl groups is 1. The molecule has 1 N–H and O–H groups in total. The van der Waals surface area contributed by atoms with Crippen LogP contribution in [0.1, 0.15) is 47.5 Å². The van der Waals surface area contributed by atoms with Crippen LogP contribution < -0.4 is 0 Å². The van der Waals surface area contributed by atoms with Gasteiger partial charge >= 0.3 is 0 Å². The molecule has 16 heavy (non-hydrogen) atoms. The number of ether oxygens (including phenoxy) is 1. The summed E-state index contributed by atoms with van der Waals surface area (Å²) in [7, 11) is 2.07. The van der Waals surface area contributed by atoms with Crippen LogP contribution in [-0.4, -0.2) is 48.0 Å². The third kappa shape index (κ3) is 7.20. The molecule has 0 aliphatic heterocycles. The first-order chi connectivity index (χ1) is 7.30. The van der Waals surface area contributed by atoms with Gasteiger partial charge < -0.3 is 14.7 Å². The Morgan fingerprint density at radius 3 is 2.06 bits per heavy atom. The Morgan fingerprint density at radius 1 is 1.19 bits per heavy atom. The van der Waals surface area contributed by atoms with Crippen molar-refractivity contribution >= 4 is 0 Å². The molecular weight excluding hydrogens is 202 g/mol. The predicted molar refractivity (Wildman–Crippen MR) is 68.7 cm³/mol. The summed E-state index contributed by atoms with van der Waals surface area (Å²) in [4.78, 5) is 2.22. The molecule has 0 aromatic heterocycles. The minimum absolute atomic E-state index is 0.172. The van der Waals surface area contributed by atoms with Crippen molar-refractivity contribution < 1.29 is 9.84 Å². The van der Waals surface area contributed by atoms with Gasteiger partial charge in [0.25, 0.3) is 0 Å². The normalized spacial score (nSPS) is 14.8. The number of hydrogen-bond donors (Lipinski definition) is 1. The molecule has 98 valence electrons. The van der Waals surface area contributed by atoms with Crippen molar-refractivity contribution in [2.75, 3.05) is 20.2 Å². The van der Waals surface area contributed by atoms with Crippen LogP contribution in [0.2, 0.25) is 0 Å². The molecule has 0 aromatic rings. The quantitative estimate of drug-likeness (QED) is 0.729. The molecule has 3 heteroatoms. The highest BCUT2D eigenvalue weighted by Gasteiger charge is 2.17. The Morgan fingerprint density at radius 2 is 1.69 bits per heavy atom. The first-order valence-corrected chi connectivity index (χ1v) is 6.32. The lowest BCUT2D eigenvalue weighted by Crippen LogP contribution is -2.39. The van der Waals surface area contributed by atoms with Crippen LogP contribution in [0.5, 0.6) is 0 Å². The predicted octanol–water partition coefficient (Wildman–Crippen LogP) is 2.28. The molecule has 0 amide bonds. The van der Waals surface area contributed by atoms with Crippen molar-refractivity contribution in [3.8, 4) is 0 Å². The number of aliphatic hydroxyl groups excluding tert-OH is 1. The first kappa shape index (κ1) is 15.9. The van der Waals surface area contributed by atoms with Crippen LogP contribution in [0.25, 0.3) is 0 Å². The van der Waals surface area contributed by atoms with Gasteiger partial charge in [-0.05, 0) is 40.7 Å². The van der Waals surface area contributed by atoms with Crippen molar-refractivity contribution in [2.24, 2.45) is 0 Å². The summed E-state index contributed by atoms with van der Waals surface area (Å²) < 4.78 is 5.56. The van der Waals surface area contributed by atoms with Gasteiger partial charge in [-0.15, -0.1) is 0 Å². The molecular formula is C13H29NO2. The lowest BCUT2D eigenvalue weighted by atomic mass is 10.1. The Labute approximate surface area is 101 Å². The van der Waals surface area contributed by atoms with Gasteiger partial charge in [-0.25, -0.2) is 0 Å². The summed E-state index contributed by atoms with van der Waals surface area (Å²) in [6.07, 6.45) is 1.85. The van der Waals surface area contributed by atoms with Crippen LogP contribution >= 0.6 is 0 Å². The smallest absolute Gasteiger partial charge is 0.0900 e. The maximum atomic E-state index is 9.86. The van der Waals surface area contributed by atoms with Crippen molar-refractivity contribution in [1.29, 1.82) is 0 Å². The fourth-order valence-electron chi connectivity index (χ4n) is 1.79. The Kier molecular flexibility index (Phi) is 7.20. The third-order valence-electron chi connectivity index (χ3n) is 2.77. The van der Waals surface area contributed by atoms with Gasteiger partial charge in [0.05, 0.1) is 18.3 Å². The van der Waals surface area contributed by atoms with Crippen LogP contribution in [0.4, 0.5) is 0 Å². The summed E-state index contributed by atoms with van der Waals surface area (Å²) >= 11 is 0. The average molecular weight is 231 g/mol. The number of hydrogen-bond acceptors (Lipinski definition) is 3. The van der Waals surface area contributed by atoms with E-state index in [4.69, 9.17) is 4.74 Å². The van der Waals surface area contributed by atoms with Crippen LogP contribution in [0, 0.1) is 0 Å². The summed E-state index contributed by atoms with van der Waals surface area (Å²) in [6.45, 7) is 11.5. The molecule has 0 rings (SSSR count). The van der Waals surface area contributed by atoms with Gasteiger partial charge in [-0.1, -0.05) is 13.8 Å². The molecule has 1 unspecified atom stereocenters. The van der Waals surface area contributed by atoms with Crippen LogP contribution in [-0.2, 0) is 4.74 Å². The second kappa shape index (κ2) is 7.25. The van der Waals surface area contributed by atoms with Gasteiger partial charge in [0.2, 0.25) is 0 Å².